The Kier molecular flexibility index (Phi) is 5.16. The van der Waals surface area contributed by atoms with Crippen LogP contribution in [0.4, 0.5) is 10.1 Å². The van der Waals surface area contributed by atoms with Gasteiger partial charge in [0.2, 0.25) is 0 Å². The summed E-state index contributed by atoms with van der Waals surface area (Å²) in [7, 11) is -3.20. The van der Waals surface area contributed by atoms with Gasteiger partial charge in [-0.3, -0.25) is 0 Å². The molecule has 0 amide bonds. The lowest BCUT2D eigenvalue weighted by atomic mass is 10.0. The summed E-state index contributed by atoms with van der Waals surface area (Å²) in [5.74, 6) is 1.08. The summed E-state index contributed by atoms with van der Waals surface area (Å²) in [5, 5.41) is -0.562. The molecule has 0 aromatic heterocycles. The molecule has 2 atom stereocenters. The minimum absolute atomic E-state index is 0.110. The molecule has 2 rings (SSSR count). The Hall–Kier alpha value is -0.790. The lowest BCUT2D eigenvalue weighted by Gasteiger charge is -2.37. The minimum atomic E-state index is -3.20. The molecule has 1 heterocycles. The van der Waals surface area contributed by atoms with Crippen molar-refractivity contribution in [2.75, 3.05) is 29.2 Å². The minimum Gasteiger partial charge on any atom is -0.353 e. The van der Waals surface area contributed by atoms with Gasteiger partial charge in [-0.15, -0.1) is 0 Å². The van der Waals surface area contributed by atoms with E-state index in [1.165, 1.54) is 18.4 Å². The number of nitrogens with zero attached hydrogens (tertiary/aromatic N) is 1. The highest BCUT2D eigenvalue weighted by Crippen LogP contribution is 2.30. The van der Waals surface area contributed by atoms with Gasteiger partial charge in [-0.25, -0.2) is 12.8 Å². The Morgan fingerprint density at radius 3 is 2.86 bits per heavy atom. The van der Waals surface area contributed by atoms with Crippen molar-refractivity contribution >= 4 is 27.3 Å². The summed E-state index contributed by atoms with van der Waals surface area (Å²) < 4.78 is 37.5. The van der Waals surface area contributed by atoms with Crippen LogP contribution >= 0.6 is 11.8 Å². The van der Waals surface area contributed by atoms with E-state index in [1.807, 2.05) is 11.8 Å². The average molecular weight is 332 g/mol. The summed E-state index contributed by atoms with van der Waals surface area (Å²) in [6.45, 7) is 2.49. The van der Waals surface area contributed by atoms with Gasteiger partial charge in [-0.2, -0.15) is 11.8 Å². The molecule has 118 valence electrons. The van der Waals surface area contributed by atoms with E-state index in [-0.39, 0.29) is 11.9 Å². The fourth-order valence-corrected chi connectivity index (χ4v) is 5.39. The van der Waals surface area contributed by atoms with Crippen molar-refractivity contribution < 1.29 is 12.8 Å². The van der Waals surface area contributed by atoms with Crippen molar-refractivity contribution in [2.45, 2.75) is 24.8 Å². The third-order valence-electron chi connectivity index (χ3n) is 3.47. The average Bonchev–Trinajstić information content (AvgIpc) is 2.37. The fourth-order valence-electron chi connectivity index (χ4n) is 2.56. The van der Waals surface area contributed by atoms with Gasteiger partial charge in [0, 0.05) is 36.0 Å². The number of benzene rings is 1. The topological polar surface area (TPSA) is 63.4 Å². The quantitative estimate of drug-likeness (QED) is 0.908. The molecule has 1 fully saturated rings. The third-order valence-corrected chi connectivity index (χ3v) is 6.11. The number of hydrogen-bond donors (Lipinski definition) is 1. The molecule has 0 saturated carbocycles. The Labute approximate surface area is 129 Å². The summed E-state index contributed by atoms with van der Waals surface area (Å²) in [6.07, 6.45) is 1.78. The number of halogens is 1. The standard InChI is InChI=1S/C14H21FN2O2S2/c1-10(16)7-11-8-12(15)3-4-13(11)17-5-6-20-9-14(17)21(2,18)19/h3-4,8,10,14H,5-7,9,16H2,1-2H3. The zero-order valence-corrected chi connectivity index (χ0v) is 13.9. The molecule has 21 heavy (non-hydrogen) atoms. The van der Waals surface area contributed by atoms with E-state index in [4.69, 9.17) is 5.73 Å². The van der Waals surface area contributed by atoms with Crippen LogP contribution in [0.25, 0.3) is 0 Å². The van der Waals surface area contributed by atoms with Crippen LogP contribution in [0.15, 0.2) is 18.2 Å². The molecule has 1 aromatic rings. The highest BCUT2D eigenvalue weighted by atomic mass is 32.2. The monoisotopic (exact) mass is 332 g/mol. The summed E-state index contributed by atoms with van der Waals surface area (Å²) in [4.78, 5) is 1.88. The molecule has 0 aliphatic carbocycles. The fraction of sp³-hybridized carbons (Fsp3) is 0.571. The molecule has 1 saturated heterocycles. The number of sulfone groups is 1. The number of nitrogens with two attached hydrogens (primary N) is 1. The first-order valence-electron chi connectivity index (χ1n) is 6.86. The molecule has 7 heteroatoms. The van der Waals surface area contributed by atoms with Gasteiger partial charge in [0.25, 0.3) is 0 Å². The molecule has 1 aromatic carbocycles. The molecular weight excluding hydrogens is 311 g/mol. The Bertz CT molecular complexity index is 605. The van der Waals surface area contributed by atoms with Crippen LogP contribution < -0.4 is 10.6 Å². The smallest absolute Gasteiger partial charge is 0.169 e. The summed E-state index contributed by atoms with van der Waals surface area (Å²) >= 11 is 1.63. The molecule has 0 spiro atoms. The molecule has 4 nitrogen and oxygen atoms in total. The van der Waals surface area contributed by atoms with Gasteiger partial charge in [0.1, 0.15) is 11.2 Å². The number of anilines is 1. The van der Waals surface area contributed by atoms with Crippen LogP contribution in [0.1, 0.15) is 12.5 Å². The maximum absolute atomic E-state index is 13.5. The van der Waals surface area contributed by atoms with Crippen molar-refractivity contribution in [3.63, 3.8) is 0 Å². The second-order valence-electron chi connectivity index (χ2n) is 5.51. The van der Waals surface area contributed by atoms with E-state index in [9.17, 15) is 12.8 Å². The van der Waals surface area contributed by atoms with Crippen LogP contribution in [0.3, 0.4) is 0 Å². The molecule has 1 aliphatic rings. The maximum Gasteiger partial charge on any atom is 0.169 e. The molecule has 2 unspecified atom stereocenters. The lowest BCUT2D eigenvalue weighted by Crippen LogP contribution is -2.47. The van der Waals surface area contributed by atoms with Crippen LogP contribution in [0.5, 0.6) is 0 Å². The predicted molar refractivity (Wildman–Crippen MR) is 87.1 cm³/mol. The Morgan fingerprint density at radius 2 is 2.24 bits per heavy atom. The molecular formula is C14H21FN2O2S2. The van der Waals surface area contributed by atoms with E-state index >= 15 is 0 Å². The van der Waals surface area contributed by atoms with Gasteiger partial charge in [0.05, 0.1) is 0 Å². The van der Waals surface area contributed by atoms with Gasteiger partial charge >= 0.3 is 0 Å². The normalized spacial score (nSPS) is 21.3. The van der Waals surface area contributed by atoms with Gasteiger partial charge in [-0.1, -0.05) is 0 Å². The van der Waals surface area contributed by atoms with Gasteiger partial charge < -0.3 is 10.6 Å². The second kappa shape index (κ2) is 6.54. The summed E-state index contributed by atoms with van der Waals surface area (Å²) in [5.41, 5.74) is 7.38. The van der Waals surface area contributed by atoms with Gasteiger partial charge in [-0.05, 0) is 37.1 Å². The second-order valence-corrected chi connectivity index (χ2v) is 8.86. The largest absolute Gasteiger partial charge is 0.353 e. The van der Waals surface area contributed by atoms with E-state index in [1.54, 1.807) is 17.8 Å². The van der Waals surface area contributed by atoms with Crippen molar-refractivity contribution in [3.05, 3.63) is 29.6 Å². The predicted octanol–water partition coefficient (Wildman–Crippen LogP) is 1.64. The Morgan fingerprint density at radius 1 is 1.52 bits per heavy atom. The van der Waals surface area contributed by atoms with Crippen LogP contribution in [0, 0.1) is 5.82 Å². The summed E-state index contributed by atoms with van der Waals surface area (Å²) in [6, 6.07) is 4.39. The SMILES string of the molecule is CC(N)Cc1cc(F)ccc1N1CCSCC1S(C)(=O)=O. The molecule has 1 aliphatic heterocycles. The number of rotatable bonds is 4. The first-order chi connectivity index (χ1) is 9.79. The van der Waals surface area contributed by atoms with Crippen molar-refractivity contribution in [2.24, 2.45) is 5.73 Å². The Balaban J connectivity index is 2.43. The number of thioether (sulfide) groups is 1. The van der Waals surface area contributed by atoms with Crippen LogP contribution in [-0.4, -0.2) is 44.1 Å². The van der Waals surface area contributed by atoms with Crippen molar-refractivity contribution in [1.82, 2.24) is 0 Å². The lowest BCUT2D eigenvalue weighted by molar-refractivity contribution is 0.583. The van der Waals surface area contributed by atoms with Crippen molar-refractivity contribution in [3.8, 4) is 0 Å². The zero-order valence-electron chi connectivity index (χ0n) is 12.3. The van der Waals surface area contributed by atoms with Crippen LogP contribution in [0.2, 0.25) is 0 Å². The first-order valence-corrected chi connectivity index (χ1v) is 9.97. The third kappa shape index (κ3) is 4.11. The molecule has 2 N–H and O–H groups in total. The highest BCUT2D eigenvalue weighted by Gasteiger charge is 2.32. The van der Waals surface area contributed by atoms with Crippen molar-refractivity contribution in [1.29, 1.82) is 0 Å². The first kappa shape index (κ1) is 16.6. The molecule has 0 bridgehead atoms. The zero-order chi connectivity index (χ0) is 15.6. The van der Waals surface area contributed by atoms with E-state index in [0.717, 1.165) is 17.0 Å². The maximum atomic E-state index is 13.5. The molecule has 0 radical (unpaired) electrons. The number of hydrogen-bond acceptors (Lipinski definition) is 5. The van der Waals surface area contributed by atoms with Crippen LogP contribution in [-0.2, 0) is 16.3 Å². The van der Waals surface area contributed by atoms with E-state index < -0.39 is 15.2 Å². The van der Waals surface area contributed by atoms with E-state index in [0.29, 0.717) is 18.7 Å². The highest BCUT2D eigenvalue weighted by molar-refractivity contribution is 8.01. The van der Waals surface area contributed by atoms with Gasteiger partial charge in [0.15, 0.2) is 9.84 Å². The van der Waals surface area contributed by atoms with E-state index in [2.05, 4.69) is 0 Å².